The summed E-state index contributed by atoms with van der Waals surface area (Å²) < 4.78 is 0. The first kappa shape index (κ1) is 15.9. The third-order valence-corrected chi connectivity index (χ3v) is 4.48. The van der Waals surface area contributed by atoms with Crippen LogP contribution in [0.4, 0.5) is 0 Å². The van der Waals surface area contributed by atoms with Gasteiger partial charge in [0.25, 0.3) is 0 Å². The minimum Gasteiger partial charge on any atom is -0.306 e. The van der Waals surface area contributed by atoms with Gasteiger partial charge in [-0.1, -0.05) is 64.6 Å². The van der Waals surface area contributed by atoms with Crippen LogP contribution in [0.1, 0.15) is 24.1 Å². The van der Waals surface area contributed by atoms with Gasteiger partial charge in [-0.3, -0.25) is 0 Å². The monoisotopic (exact) mass is 347 g/mol. The Labute approximate surface area is 138 Å². The van der Waals surface area contributed by atoms with E-state index in [0.29, 0.717) is 26.6 Å². The average Bonchev–Trinajstić information content (AvgIpc) is 2.40. The minimum atomic E-state index is 0.0785. The predicted octanol–water partition coefficient (Wildman–Crippen LogP) is 6.15. The van der Waals surface area contributed by atoms with E-state index in [4.69, 9.17) is 46.4 Å². The molecule has 0 aliphatic heterocycles. The molecule has 0 radical (unpaired) electrons. The van der Waals surface area contributed by atoms with Gasteiger partial charge in [0.2, 0.25) is 0 Å². The van der Waals surface area contributed by atoms with Crippen molar-refractivity contribution in [2.45, 2.75) is 19.5 Å². The summed E-state index contributed by atoms with van der Waals surface area (Å²) in [6, 6.07) is 11.2. The molecule has 0 bridgehead atoms. The summed E-state index contributed by atoms with van der Waals surface area (Å²) in [5.74, 6) is 0. The Morgan fingerprint density at radius 3 is 2.45 bits per heavy atom. The van der Waals surface area contributed by atoms with Crippen molar-refractivity contribution in [2.75, 3.05) is 0 Å². The van der Waals surface area contributed by atoms with Crippen molar-refractivity contribution in [3.8, 4) is 0 Å². The normalized spacial score (nSPS) is 12.4. The van der Waals surface area contributed by atoms with E-state index in [1.54, 1.807) is 12.1 Å². The first-order chi connectivity index (χ1) is 9.49. The molecule has 2 rings (SSSR count). The topological polar surface area (TPSA) is 12.0 Å². The van der Waals surface area contributed by atoms with E-state index in [0.717, 1.165) is 11.1 Å². The maximum Gasteiger partial charge on any atom is 0.0637 e. The van der Waals surface area contributed by atoms with Gasteiger partial charge >= 0.3 is 0 Å². The van der Waals surface area contributed by atoms with Gasteiger partial charge in [-0.15, -0.1) is 0 Å². The van der Waals surface area contributed by atoms with E-state index in [9.17, 15) is 0 Å². The van der Waals surface area contributed by atoms with Crippen LogP contribution < -0.4 is 5.32 Å². The van der Waals surface area contributed by atoms with E-state index in [-0.39, 0.29) is 6.04 Å². The fourth-order valence-electron chi connectivity index (χ4n) is 1.91. The second-order valence-corrected chi connectivity index (χ2v) is 6.11. The molecule has 0 amide bonds. The number of rotatable bonds is 4. The number of nitrogens with one attached hydrogen (secondary N) is 1. The lowest BCUT2D eigenvalue weighted by atomic mass is 10.1. The first-order valence-electron chi connectivity index (χ1n) is 6.10. The number of halogens is 4. The lowest BCUT2D eigenvalue weighted by molar-refractivity contribution is 0.575. The second-order valence-electron chi connectivity index (χ2n) is 4.48. The quantitative estimate of drug-likeness (QED) is 0.698. The Hall–Kier alpha value is -0.440. The fourth-order valence-corrected chi connectivity index (χ4v) is 2.87. The molecule has 0 heterocycles. The third kappa shape index (κ3) is 3.81. The number of benzene rings is 2. The maximum atomic E-state index is 6.19. The van der Waals surface area contributed by atoms with Crippen molar-refractivity contribution in [2.24, 2.45) is 0 Å². The number of hydrogen-bond acceptors (Lipinski definition) is 1. The van der Waals surface area contributed by atoms with Crippen LogP contribution in [-0.2, 0) is 6.54 Å². The Balaban J connectivity index is 2.08. The van der Waals surface area contributed by atoms with Gasteiger partial charge < -0.3 is 5.32 Å². The van der Waals surface area contributed by atoms with Gasteiger partial charge in [0.15, 0.2) is 0 Å². The molecule has 0 aliphatic carbocycles. The van der Waals surface area contributed by atoms with Gasteiger partial charge in [-0.25, -0.2) is 0 Å². The maximum absolute atomic E-state index is 6.19. The van der Waals surface area contributed by atoms with Crippen LogP contribution in [0, 0.1) is 0 Å². The second kappa shape index (κ2) is 7.02. The van der Waals surface area contributed by atoms with Crippen LogP contribution in [-0.4, -0.2) is 0 Å². The summed E-state index contributed by atoms with van der Waals surface area (Å²) in [6.07, 6.45) is 0. The van der Waals surface area contributed by atoms with E-state index in [1.807, 2.05) is 31.2 Å². The molecule has 1 N–H and O–H groups in total. The molecular formula is C15H13Cl4N. The summed E-state index contributed by atoms with van der Waals surface area (Å²) in [6.45, 7) is 2.65. The molecule has 20 heavy (non-hydrogen) atoms. The zero-order valence-corrected chi connectivity index (χ0v) is 13.8. The SMILES string of the molecule is CC(NCc1cccc(Cl)c1Cl)c1ccc(Cl)cc1Cl. The standard InChI is InChI=1S/C15H13Cl4N/c1-9(12-6-5-11(16)7-14(12)18)20-8-10-3-2-4-13(17)15(10)19/h2-7,9,20H,8H2,1H3. The highest BCUT2D eigenvalue weighted by atomic mass is 35.5. The summed E-state index contributed by atoms with van der Waals surface area (Å²) in [5, 5.41) is 5.79. The number of hydrogen-bond donors (Lipinski definition) is 1. The molecule has 1 atom stereocenters. The van der Waals surface area contributed by atoms with Crippen LogP contribution in [0.15, 0.2) is 36.4 Å². The highest BCUT2D eigenvalue weighted by molar-refractivity contribution is 6.42. The van der Waals surface area contributed by atoms with E-state index in [2.05, 4.69) is 5.32 Å². The van der Waals surface area contributed by atoms with E-state index < -0.39 is 0 Å². The van der Waals surface area contributed by atoms with Crippen LogP contribution >= 0.6 is 46.4 Å². The molecule has 5 heteroatoms. The molecule has 0 aliphatic rings. The van der Waals surface area contributed by atoms with Crippen LogP contribution in [0.5, 0.6) is 0 Å². The van der Waals surface area contributed by atoms with Crippen molar-refractivity contribution in [1.29, 1.82) is 0 Å². The van der Waals surface area contributed by atoms with Crippen molar-refractivity contribution in [1.82, 2.24) is 5.32 Å². The van der Waals surface area contributed by atoms with E-state index in [1.165, 1.54) is 0 Å². The molecule has 0 fully saturated rings. The van der Waals surface area contributed by atoms with Crippen molar-refractivity contribution in [3.63, 3.8) is 0 Å². The third-order valence-electron chi connectivity index (χ3n) is 3.06. The van der Waals surface area contributed by atoms with Crippen molar-refractivity contribution >= 4 is 46.4 Å². The minimum absolute atomic E-state index is 0.0785. The predicted molar refractivity (Wildman–Crippen MR) is 88.2 cm³/mol. The van der Waals surface area contributed by atoms with Gasteiger partial charge in [-0.05, 0) is 36.2 Å². The highest BCUT2D eigenvalue weighted by Gasteiger charge is 2.11. The lowest BCUT2D eigenvalue weighted by Gasteiger charge is -2.16. The van der Waals surface area contributed by atoms with Crippen molar-refractivity contribution in [3.05, 3.63) is 67.6 Å². The molecular weight excluding hydrogens is 336 g/mol. The molecule has 1 unspecified atom stereocenters. The smallest absolute Gasteiger partial charge is 0.0637 e. The van der Waals surface area contributed by atoms with Gasteiger partial charge in [-0.2, -0.15) is 0 Å². The van der Waals surface area contributed by atoms with E-state index >= 15 is 0 Å². The summed E-state index contributed by atoms with van der Waals surface area (Å²) in [5.41, 5.74) is 1.95. The molecule has 106 valence electrons. The fraction of sp³-hybridized carbons (Fsp3) is 0.200. The summed E-state index contributed by atoms with van der Waals surface area (Å²) >= 11 is 24.2. The average molecular weight is 349 g/mol. The Kier molecular flexibility index (Phi) is 5.59. The highest BCUT2D eigenvalue weighted by Crippen LogP contribution is 2.28. The summed E-state index contributed by atoms with van der Waals surface area (Å²) in [7, 11) is 0. The zero-order valence-electron chi connectivity index (χ0n) is 10.8. The van der Waals surface area contributed by atoms with Gasteiger partial charge in [0.05, 0.1) is 10.0 Å². The Bertz CT molecular complexity index is 613. The molecule has 0 spiro atoms. The molecule has 0 aromatic heterocycles. The molecule has 0 saturated heterocycles. The van der Waals surface area contributed by atoms with Crippen LogP contribution in [0.2, 0.25) is 20.1 Å². The van der Waals surface area contributed by atoms with Gasteiger partial charge in [0, 0.05) is 22.6 Å². The Morgan fingerprint density at radius 1 is 1.00 bits per heavy atom. The lowest BCUT2D eigenvalue weighted by Crippen LogP contribution is -2.18. The molecule has 2 aromatic rings. The molecule has 0 saturated carbocycles. The molecule has 1 nitrogen and oxygen atoms in total. The first-order valence-corrected chi connectivity index (χ1v) is 7.61. The largest absolute Gasteiger partial charge is 0.306 e. The van der Waals surface area contributed by atoms with Gasteiger partial charge in [0.1, 0.15) is 0 Å². The van der Waals surface area contributed by atoms with Crippen molar-refractivity contribution < 1.29 is 0 Å². The summed E-state index contributed by atoms with van der Waals surface area (Å²) in [4.78, 5) is 0. The van der Waals surface area contributed by atoms with Crippen LogP contribution in [0.3, 0.4) is 0 Å². The molecule has 2 aromatic carbocycles. The Morgan fingerprint density at radius 2 is 1.75 bits per heavy atom. The van der Waals surface area contributed by atoms with Crippen LogP contribution in [0.25, 0.3) is 0 Å². The zero-order chi connectivity index (χ0) is 14.7.